The molecule has 0 aliphatic heterocycles. The molecule has 1 amide bonds. The van der Waals surface area contributed by atoms with E-state index in [0.29, 0.717) is 24.0 Å². The molecule has 0 atom stereocenters. The smallest absolute Gasteiger partial charge is 0.276 e. The van der Waals surface area contributed by atoms with Gasteiger partial charge in [-0.05, 0) is 24.3 Å². The standard InChI is InChI=1S/C18H20N4O4S/c1-3-22(4-2)27(25,26)12-9-10-16(23)15(11-12)19-18(24)17-13-7-5-6-8-14(13)20-21-17/h5-11,23H,3-4H2,1-2H3,(H,19,24)(H,20,21). The average Bonchev–Trinajstić information content (AvgIpc) is 3.08. The summed E-state index contributed by atoms with van der Waals surface area (Å²) in [5.74, 6) is -0.790. The second kappa shape index (κ2) is 7.37. The topological polar surface area (TPSA) is 115 Å². The van der Waals surface area contributed by atoms with Gasteiger partial charge >= 0.3 is 0 Å². The molecule has 0 bridgehead atoms. The zero-order chi connectivity index (χ0) is 19.6. The van der Waals surface area contributed by atoms with Gasteiger partial charge in [0.25, 0.3) is 5.91 Å². The van der Waals surface area contributed by atoms with Crippen LogP contribution in [-0.4, -0.2) is 47.0 Å². The molecule has 0 spiro atoms. The number of nitrogens with one attached hydrogen (secondary N) is 2. The Kier molecular flexibility index (Phi) is 5.15. The summed E-state index contributed by atoms with van der Waals surface area (Å²) >= 11 is 0. The Bertz CT molecular complexity index is 1090. The predicted octanol–water partition coefficient (Wildman–Crippen LogP) is 2.55. The minimum Gasteiger partial charge on any atom is -0.506 e. The molecule has 1 aromatic heterocycles. The Morgan fingerprint density at radius 1 is 1.19 bits per heavy atom. The molecule has 0 saturated heterocycles. The van der Waals surface area contributed by atoms with Crippen molar-refractivity contribution in [2.75, 3.05) is 18.4 Å². The number of fused-ring (bicyclic) bond motifs is 1. The largest absolute Gasteiger partial charge is 0.506 e. The second-order valence-corrected chi connectivity index (χ2v) is 7.78. The molecule has 0 unspecified atom stereocenters. The molecule has 3 rings (SSSR count). The van der Waals surface area contributed by atoms with Crippen molar-refractivity contribution in [1.82, 2.24) is 14.5 Å². The highest BCUT2D eigenvalue weighted by molar-refractivity contribution is 7.89. The highest BCUT2D eigenvalue weighted by Crippen LogP contribution is 2.29. The van der Waals surface area contributed by atoms with Crippen LogP contribution in [0.1, 0.15) is 24.3 Å². The lowest BCUT2D eigenvalue weighted by molar-refractivity contribution is 0.102. The summed E-state index contributed by atoms with van der Waals surface area (Å²) in [4.78, 5) is 12.6. The second-order valence-electron chi connectivity index (χ2n) is 5.84. The molecule has 0 saturated carbocycles. The van der Waals surface area contributed by atoms with Gasteiger partial charge in [0, 0.05) is 18.5 Å². The molecule has 142 valence electrons. The van der Waals surface area contributed by atoms with Crippen molar-refractivity contribution in [3.05, 3.63) is 48.2 Å². The number of aromatic amines is 1. The first kappa shape index (κ1) is 18.9. The number of amides is 1. The van der Waals surface area contributed by atoms with Crippen molar-refractivity contribution in [3.63, 3.8) is 0 Å². The number of phenolic OH excluding ortho intramolecular Hbond substituents is 1. The number of para-hydroxylation sites is 1. The van der Waals surface area contributed by atoms with E-state index in [-0.39, 0.29) is 22.0 Å². The van der Waals surface area contributed by atoms with Crippen molar-refractivity contribution in [2.45, 2.75) is 18.7 Å². The van der Waals surface area contributed by atoms with Crippen LogP contribution in [0, 0.1) is 0 Å². The first-order valence-corrected chi connectivity index (χ1v) is 9.90. The number of anilines is 1. The maximum absolute atomic E-state index is 12.7. The fourth-order valence-electron chi connectivity index (χ4n) is 2.81. The van der Waals surface area contributed by atoms with E-state index in [1.807, 2.05) is 6.07 Å². The molecule has 9 heteroatoms. The van der Waals surface area contributed by atoms with Crippen LogP contribution < -0.4 is 5.32 Å². The monoisotopic (exact) mass is 388 g/mol. The lowest BCUT2D eigenvalue weighted by atomic mass is 10.2. The number of sulfonamides is 1. The lowest BCUT2D eigenvalue weighted by Gasteiger charge is -2.19. The third-order valence-electron chi connectivity index (χ3n) is 4.24. The average molecular weight is 388 g/mol. The van der Waals surface area contributed by atoms with E-state index in [0.717, 1.165) is 0 Å². The number of aromatic hydroxyl groups is 1. The van der Waals surface area contributed by atoms with E-state index < -0.39 is 15.9 Å². The molecular weight excluding hydrogens is 368 g/mol. The van der Waals surface area contributed by atoms with E-state index in [1.165, 1.54) is 22.5 Å². The molecule has 1 heterocycles. The quantitative estimate of drug-likeness (QED) is 0.561. The number of phenols is 1. The van der Waals surface area contributed by atoms with Gasteiger partial charge in [-0.15, -0.1) is 0 Å². The van der Waals surface area contributed by atoms with Gasteiger partial charge in [0.05, 0.1) is 16.1 Å². The number of carbonyl (C=O) groups is 1. The predicted molar refractivity (Wildman–Crippen MR) is 102 cm³/mol. The van der Waals surface area contributed by atoms with Gasteiger partial charge < -0.3 is 10.4 Å². The van der Waals surface area contributed by atoms with Crippen molar-refractivity contribution in [1.29, 1.82) is 0 Å². The Labute approximate surface area is 156 Å². The number of rotatable bonds is 6. The summed E-state index contributed by atoms with van der Waals surface area (Å²) < 4.78 is 26.6. The number of benzene rings is 2. The number of hydrogen-bond donors (Lipinski definition) is 3. The van der Waals surface area contributed by atoms with Crippen LogP contribution >= 0.6 is 0 Å². The van der Waals surface area contributed by atoms with Gasteiger partial charge in [0.1, 0.15) is 5.75 Å². The molecule has 8 nitrogen and oxygen atoms in total. The number of hydrogen-bond acceptors (Lipinski definition) is 5. The molecule has 0 aliphatic carbocycles. The Morgan fingerprint density at radius 2 is 1.89 bits per heavy atom. The first-order valence-electron chi connectivity index (χ1n) is 8.46. The minimum atomic E-state index is -3.72. The Morgan fingerprint density at radius 3 is 2.59 bits per heavy atom. The molecule has 3 aromatic rings. The highest BCUT2D eigenvalue weighted by Gasteiger charge is 2.23. The summed E-state index contributed by atoms with van der Waals surface area (Å²) in [5, 5.41) is 20.0. The maximum Gasteiger partial charge on any atom is 0.276 e. The third-order valence-corrected chi connectivity index (χ3v) is 6.29. The van der Waals surface area contributed by atoms with Crippen molar-refractivity contribution >= 4 is 32.5 Å². The number of H-pyrrole nitrogens is 1. The van der Waals surface area contributed by atoms with Gasteiger partial charge in [0.15, 0.2) is 5.69 Å². The Hall–Kier alpha value is -2.91. The lowest BCUT2D eigenvalue weighted by Crippen LogP contribution is -2.30. The fraction of sp³-hybridized carbons (Fsp3) is 0.222. The summed E-state index contributed by atoms with van der Waals surface area (Å²) in [6, 6.07) is 10.9. The van der Waals surface area contributed by atoms with Crippen LogP contribution in [0.5, 0.6) is 5.75 Å². The van der Waals surface area contributed by atoms with Crippen LogP contribution in [0.15, 0.2) is 47.4 Å². The molecule has 0 radical (unpaired) electrons. The van der Waals surface area contributed by atoms with Gasteiger partial charge in [-0.2, -0.15) is 9.40 Å². The van der Waals surface area contributed by atoms with Crippen LogP contribution in [-0.2, 0) is 10.0 Å². The zero-order valence-corrected chi connectivity index (χ0v) is 15.7. The number of carbonyl (C=O) groups excluding carboxylic acids is 1. The van der Waals surface area contributed by atoms with Crippen molar-refractivity contribution < 1.29 is 18.3 Å². The normalized spacial score (nSPS) is 11.8. The van der Waals surface area contributed by atoms with E-state index >= 15 is 0 Å². The van der Waals surface area contributed by atoms with E-state index in [9.17, 15) is 18.3 Å². The van der Waals surface area contributed by atoms with Crippen molar-refractivity contribution in [3.8, 4) is 5.75 Å². The summed E-state index contributed by atoms with van der Waals surface area (Å²) in [5.41, 5.74) is 0.854. The van der Waals surface area contributed by atoms with E-state index in [2.05, 4.69) is 15.5 Å². The molecule has 0 fully saturated rings. The van der Waals surface area contributed by atoms with E-state index in [4.69, 9.17) is 0 Å². The van der Waals surface area contributed by atoms with Crippen LogP contribution in [0.2, 0.25) is 0 Å². The van der Waals surface area contributed by atoms with Crippen LogP contribution in [0.25, 0.3) is 10.9 Å². The summed E-state index contributed by atoms with van der Waals surface area (Å²) in [6.45, 7) is 4.13. The first-order chi connectivity index (χ1) is 12.9. The van der Waals surface area contributed by atoms with Crippen molar-refractivity contribution in [2.24, 2.45) is 0 Å². The highest BCUT2D eigenvalue weighted by atomic mass is 32.2. The number of nitrogens with zero attached hydrogens (tertiary/aromatic N) is 2. The fourth-order valence-corrected chi connectivity index (χ4v) is 4.29. The van der Waals surface area contributed by atoms with Crippen LogP contribution in [0.3, 0.4) is 0 Å². The molecular formula is C18H20N4O4S. The van der Waals surface area contributed by atoms with Gasteiger partial charge in [-0.25, -0.2) is 8.42 Å². The van der Waals surface area contributed by atoms with Gasteiger partial charge in [-0.3, -0.25) is 9.89 Å². The third kappa shape index (κ3) is 3.51. The number of aromatic nitrogens is 2. The maximum atomic E-state index is 12.7. The minimum absolute atomic E-state index is 0.000289. The Balaban J connectivity index is 1.94. The van der Waals surface area contributed by atoms with Gasteiger partial charge in [0.2, 0.25) is 10.0 Å². The summed E-state index contributed by atoms with van der Waals surface area (Å²) in [6.07, 6.45) is 0. The SMILES string of the molecule is CCN(CC)S(=O)(=O)c1ccc(O)c(NC(=O)c2n[nH]c3ccccc23)c1. The molecule has 27 heavy (non-hydrogen) atoms. The molecule has 2 aromatic carbocycles. The molecule has 3 N–H and O–H groups in total. The zero-order valence-electron chi connectivity index (χ0n) is 14.9. The van der Waals surface area contributed by atoms with Gasteiger partial charge in [-0.1, -0.05) is 32.0 Å². The van der Waals surface area contributed by atoms with Crippen LogP contribution in [0.4, 0.5) is 5.69 Å². The molecule has 0 aliphatic rings. The summed E-state index contributed by atoms with van der Waals surface area (Å²) in [7, 11) is -3.72. The van der Waals surface area contributed by atoms with E-state index in [1.54, 1.807) is 32.0 Å².